The van der Waals surface area contributed by atoms with E-state index in [1.54, 1.807) is 0 Å². The van der Waals surface area contributed by atoms with Crippen LogP contribution < -0.4 is 0 Å². The molecule has 2 aliphatic heterocycles. The van der Waals surface area contributed by atoms with Crippen molar-refractivity contribution in [1.29, 1.82) is 0 Å². The zero-order valence-electron chi connectivity index (χ0n) is 6.56. The zero-order valence-corrected chi connectivity index (χ0v) is 8.66. The Morgan fingerprint density at radius 3 is 1.64 bits per heavy atom. The Kier molecular flexibility index (Phi) is 1.67. The van der Waals surface area contributed by atoms with E-state index >= 15 is 0 Å². The summed E-state index contributed by atoms with van der Waals surface area (Å²) in [7, 11) is 0. The SMILES string of the molecule is O=C1C[CH2][Ge]2([CH2]CC(=O)[CH2]2)[CH2]1. The standard InChI is InChI=1S/C8H12GeO2/c10-7-1-3-9(5-7)4-2-8(11)6-9/h1-6H2. The maximum atomic E-state index is 11.0. The van der Waals surface area contributed by atoms with Crippen LogP contribution in [0.4, 0.5) is 0 Å². The van der Waals surface area contributed by atoms with Crippen molar-refractivity contribution in [3.05, 3.63) is 0 Å². The van der Waals surface area contributed by atoms with Gasteiger partial charge in [0.2, 0.25) is 0 Å². The van der Waals surface area contributed by atoms with Gasteiger partial charge in [0, 0.05) is 0 Å². The summed E-state index contributed by atoms with van der Waals surface area (Å²) in [5.74, 6) is 0.888. The number of hydrogen-bond donors (Lipinski definition) is 0. The van der Waals surface area contributed by atoms with Gasteiger partial charge >= 0.3 is 68.3 Å². The molecule has 0 amide bonds. The van der Waals surface area contributed by atoms with E-state index in [-0.39, 0.29) is 0 Å². The number of carbonyl (C=O) groups excluding carboxylic acids is 2. The number of hydrogen-bond acceptors (Lipinski definition) is 2. The monoisotopic (exact) mass is 214 g/mol. The molecule has 0 saturated carbocycles. The molecule has 2 rings (SSSR count). The maximum absolute atomic E-state index is 11.0. The second kappa shape index (κ2) is 2.44. The molecular weight excluding hydrogens is 201 g/mol. The van der Waals surface area contributed by atoms with Gasteiger partial charge in [0.1, 0.15) is 0 Å². The van der Waals surface area contributed by atoms with Gasteiger partial charge in [-0.2, -0.15) is 0 Å². The topological polar surface area (TPSA) is 34.1 Å². The molecule has 2 aliphatic rings. The van der Waals surface area contributed by atoms with Crippen molar-refractivity contribution in [3.8, 4) is 0 Å². The van der Waals surface area contributed by atoms with Crippen LogP contribution in [0.1, 0.15) is 12.8 Å². The van der Waals surface area contributed by atoms with Gasteiger partial charge < -0.3 is 0 Å². The van der Waals surface area contributed by atoms with E-state index in [1.165, 1.54) is 0 Å². The predicted molar refractivity (Wildman–Crippen MR) is 44.2 cm³/mol. The van der Waals surface area contributed by atoms with E-state index in [0.29, 0.717) is 11.6 Å². The van der Waals surface area contributed by atoms with Crippen molar-refractivity contribution in [2.75, 3.05) is 0 Å². The minimum atomic E-state index is -1.79. The van der Waals surface area contributed by atoms with Crippen LogP contribution in [-0.4, -0.2) is 24.8 Å². The second-order valence-corrected chi connectivity index (χ2v) is 13.8. The fourth-order valence-electron chi connectivity index (χ4n) is 2.36. The van der Waals surface area contributed by atoms with Crippen LogP contribution in [0.25, 0.3) is 0 Å². The van der Waals surface area contributed by atoms with E-state index in [2.05, 4.69) is 0 Å². The van der Waals surface area contributed by atoms with Crippen molar-refractivity contribution >= 4 is 24.8 Å². The fraction of sp³-hybridized carbons (Fsp3) is 0.750. The second-order valence-electron chi connectivity index (χ2n) is 3.93. The molecule has 11 heavy (non-hydrogen) atoms. The van der Waals surface area contributed by atoms with Crippen molar-refractivity contribution in [1.82, 2.24) is 0 Å². The van der Waals surface area contributed by atoms with Crippen molar-refractivity contribution < 1.29 is 9.59 Å². The molecule has 0 N–H and O–H groups in total. The Labute approximate surface area is 68.7 Å². The molecule has 2 fully saturated rings. The van der Waals surface area contributed by atoms with Gasteiger partial charge in [-0.3, -0.25) is 0 Å². The summed E-state index contributed by atoms with van der Waals surface area (Å²) in [6, 6.07) is 0. The Bertz CT molecular complexity index is 198. The Balaban J connectivity index is 2.13. The van der Waals surface area contributed by atoms with E-state index in [9.17, 15) is 9.59 Å². The molecule has 0 aromatic rings. The third-order valence-corrected chi connectivity index (χ3v) is 13.3. The van der Waals surface area contributed by atoms with Crippen molar-refractivity contribution in [2.24, 2.45) is 0 Å². The van der Waals surface area contributed by atoms with Gasteiger partial charge in [-0.05, 0) is 0 Å². The van der Waals surface area contributed by atoms with Crippen LogP contribution in [0.2, 0.25) is 21.0 Å². The molecule has 3 heteroatoms. The molecule has 0 aromatic heterocycles. The molecule has 0 atom stereocenters. The fourth-order valence-corrected chi connectivity index (χ4v) is 12.3. The Morgan fingerprint density at radius 1 is 0.909 bits per heavy atom. The Morgan fingerprint density at radius 2 is 1.36 bits per heavy atom. The molecular formula is C8H12GeO2. The first kappa shape index (κ1) is 7.53. The minimum absolute atomic E-state index is 0.444. The average Bonchev–Trinajstić information content (AvgIpc) is 2.44. The van der Waals surface area contributed by atoms with Gasteiger partial charge in [-0.15, -0.1) is 0 Å². The first-order valence-electron chi connectivity index (χ1n) is 4.24. The number of Topliss-reactive ketones (excluding diaryl/α,β-unsaturated/α-hetero) is 2. The van der Waals surface area contributed by atoms with Gasteiger partial charge in [-0.1, -0.05) is 0 Å². The normalized spacial score (nSPS) is 28.7. The van der Waals surface area contributed by atoms with Crippen LogP contribution in [0.3, 0.4) is 0 Å². The molecule has 1 spiro atoms. The van der Waals surface area contributed by atoms with E-state index < -0.39 is 13.3 Å². The van der Waals surface area contributed by atoms with Gasteiger partial charge in [0.25, 0.3) is 0 Å². The molecule has 0 unspecified atom stereocenters. The van der Waals surface area contributed by atoms with Crippen LogP contribution >= 0.6 is 0 Å². The average molecular weight is 213 g/mol. The van der Waals surface area contributed by atoms with Crippen LogP contribution in [0.5, 0.6) is 0 Å². The molecule has 2 saturated heterocycles. The number of ketones is 2. The van der Waals surface area contributed by atoms with Crippen molar-refractivity contribution in [2.45, 2.75) is 33.9 Å². The number of carbonyl (C=O) groups is 2. The zero-order chi connectivity index (χ0) is 7.90. The number of rotatable bonds is 0. The summed E-state index contributed by atoms with van der Waals surface area (Å²) in [5, 5.41) is 4.05. The molecule has 2 heterocycles. The van der Waals surface area contributed by atoms with Crippen LogP contribution in [0.15, 0.2) is 0 Å². The van der Waals surface area contributed by atoms with E-state index in [4.69, 9.17) is 0 Å². The van der Waals surface area contributed by atoms with Gasteiger partial charge in [0.05, 0.1) is 0 Å². The summed E-state index contributed by atoms with van der Waals surface area (Å²) in [4.78, 5) is 22.1. The molecule has 0 radical (unpaired) electrons. The summed E-state index contributed by atoms with van der Waals surface area (Å²) in [5.41, 5.74) is 0. The quantitative estimate of drug-likeness (QED) is 0.569. The third kappa shape index (κ3) is 1.28. The van der Waals surface area contributed by atoms with Crippen LogP contribution in [0, 0.1) is 0 Å². The summed E-state index contributed by atoms with van der Waals surface area (Å²) < 4.78 is 0. The predicted octanol–water partition coefficient (Wildman–Crippen LogP) is 1.38. The summed E-state index contributed by atoms with van der Waals surface area (Å²) in [6.45, 7) is 0. The molecule has 0 bridgehead atoms. The third-order valence-electron chi connectivity index (χ3n) is 3.01. The van der Waals surface area contributed by atoms with Crippen LogP contribution in [-0.2, 0) is 9.59 Å². The first-order valence-corrected chi connectivity index (χ1v) is 10.2. The molecule has 0 aliphatic carbocycles. The summed E-state index contributed by atoms with van der Waals surface area (Å²) >= 11 is -1.79. The molecule has 0 aromatic carbocycles. The summed E-state index contributed by atoms with van der Waals surface area (Å²) in [6.07, 6.45) is 1.60. The first-order chi connectivity index (χ1) is 5.20. The Hall–Kier alpha value is -0.117. The van der Waals surface area contributed by atoms with Gasteiger partial charge in [0.15, 0.2) is 0 Å². The molecule has 60 valence electrons. The van der Waals surface area contributed by atoms with Crippen molar-refractivity contribution in [3.63, 3.8) is 0 Å². The van der Waals surface area contributed by atoms with E-state index in [1.807, 2.05) is 0 Å². The van der Waals surface area contributed by atoms with Gasteiger partial charge in [-0.25, -0.2) is 0 Å². The van der Waals surface area contributed by atoms with E-state index in [0.717, 1.165) is 33.9 Å². The molecule has 2 nitrogen and oxygen atoms in total.